The molecule has 4 nitrogen and oxygen atoms in total. The molecule has 0 radical (unpaired) electrons. The van der Waals surface area contributed by atoms with E-state index in [2.05, 4.69) is 0 Å². The number of carboxylic acid groups (broad SMARTS) is 1. The van der Waals surface area contributed by atoms with E-state index in [1.165, 1.54) is 16.7 Å². The number of likely N-dealkylation sites (tertiary alicyclic amines) is 1. The summed E-state index contributed by atoms with van der Waals surface area (Å²) < 4.78 is 0. The van der Waals surface area contributed by atoms with E-state index in [0.29, 0.717) is 18.0 Å². The second-order valence-corrected chi connectivity index (χ2v) is 5.81. The van der Waals surface area contributed by atoms with Crippen LogP contribution in [0.4, 0.5) is 0 Å². The number of nitrogens with zero attached hydrogens (tertiary/aromatic N) is 1. The van der Waals surface area contributed by atoms with Crippen molar-refractivity contribution in [2.24, 2.45) is 0 Å². The third-order valence-corrected chi connectivity index (χ3v) is 4.28. The van der Waals surface area contributed by atoms with Crippen molar-refractivity contribution >= 4 is 35.2 Å². The number of rotatable bonds is 4. The largest absolute Gasteiger partial charge is 0.480 e. The van der Waals surface area contributed by atoms with Gasteiger partial charge in [-0.2, -0.15) is 0 Å². The van der Waals surface area contributed by atoms with Gasteiger partial charge in [0.2, 0.25) is 5.91 Å². The molecule has 1 heterocycles. The van der Waals surface area contributed by atoms with Gasteiger partial charge in [0.25, 0.3) is 0 Å². The highest BCUT2D eigenvalue weighted by Gasteiger charge is 2.33. The van der Waals surface area contributed by atoms with Crippen LogP contribution in [0.25, 0.3) is 0 Å². The summed E-state index contributed by atoms with van der Waals surface area (Å²) in [5.41, 5.74) is 0. The van der Waals surface area contributed by atoms with Gasteiger partial charge in [0.05, 0.1) is 5.75 Å². The van der Waals surface area contributed by atoms with Crippen LogP contribution in [0, 0.1) is 0 Å². The van der Waals surface area contributed by atoms with Crippen LogP contribution in [0.1, 0.15) is 12.8 Å². The van der Waals surface area contributed by atoms with Crippen molar-refractivity contribution in [3.05, 3.63) is 29.3 Å². The van der Waals surface area contributed by atoms with E-state index in [4.69, 9.17) is 16.7 Å². The van der Waals surface area contributed by atoms with Crippen LogP contribution in [0.5, 0.6) is 0 Å². The Labute approximate surface area is 120 Å². The standard InChI is InChI=1S/C13H14ClNO3S/c14-9-3-5-10(6-4-9)19-8-12(16)15-7-1-2-11(15)13(17)18/h3-6,11H,1-2,7-8H2,(H,17,18)/t11-/m0/s1. The summed E-state index contributed by atoms with van der Waals surface area (Å²) in [6, 6.07) is 6.57. The second-order valence-electron chi connectivity index (χ2n) is 4.33. The number of hydrogen-bond donors (Lipinski definition) is 1. The second kappa shape index (κ2) is 6.30. The minimum Gasteiger partial charge on any atom is -0.480 e. The van der Waals surface area contributed by atoms with Crippen molar-refractivity contribution in [2.75, 3.05) is 12.3 Å². The lowest BCUT2D eigenvalue weighted by atomic mass is 10.2. The van der Waals surface area contributed by atoms with Gasteiger partial charge in [-0.1, -0.05) is 11.6 Å². The van der Waals surface area contributed by atoms with E-state index in [1.54, 1.807) is 12.1 Å². The Hall–Kier alpha value is -1.20. The first-order chi connectivity index (χ1) is 9.08. The molecule has 19 heavy (non-hydrogen) atoms. The zero-order chi connectivity index (χ0) is 13.8. The summed E-state index contributed by atoms with van der Waals surface area (Å²) in [6.45, 7) is 0.539. The van der Waals surface area contributed by atoms with Gasteiger partial charge in [-0.05, 0) is 37.1 Å². The van der Waals surface area contributed by atoms with E-state index in [0.717, 1.165) is 11.3 Å². The average Bonchev–Trinajstić information content (AvgIpc) is 2.87. The summed E-state index contributed by atoms with van der Waals surface area (Å²) in [6.07, 6.45) is 1.31. The Bertz CT molecular complexity index is 477. The number of benzene rings is 1. The number of amides is 1. The van der Waals surface area contributed by atoms with Crippen molar-refractivity contribution < 1.29 is 14.7 Å². The maximum absolute atomic E-state index is 12.0. The summed E-state index contributed by atoms with van der Waals surface area (Å²) in [5.74, 6) is -0.780. The number of carbonyl (C=O) groups excluding carboxylic acids is 1. The van der Waals surface area contributed by atoms with Crippen LogP contribution < -0.4 is 0 Å². The molecule has 1 aliphatic heterocycles. The van der Waals surface area contributed by atoms with E-state index in [9.17, 15) is 9.59 Å². The van der Waals surface area contributed by atoms with E-state index >= 15 is 0 Å². The first-order valence-electron chi connectivity index (χ1n) is 5.98. The zero-order valence-electron chi connectivity index (χ0n) is 10.2. The van der Waals surface area contributed by atoms with Gasteiger partial charge in [0.15, 0.2) is 0 Å². The van der Waals surface area contributed by atoms with Crippen molar-refractivity contribution in [3.63, 3.8) is 0 Å². The Kier molecular flexibility index (Phi) is 4.71. The van der Waals surface area contributed by atoms with Gasteiger partial charge < -0.3 is 10.0 Å². The van der Waals surface area contributed by atoms with Gasteiger partial charge in [0, 0.05) is 16.5 Å². The maximum Gasteiger partial charge on any atom is 0.326 e. The Morgan fingerprint density at radius 2 is 2.05 bits per heavy atom. The molecule has 0 saturated carbocycles. The molecule has 1 aliphatic rings. The van der Waals surface area contributed by atoms with Crippen LogP contribution in [-0.4, -0.2) is 40.2 Å². The fourth-order valence-corrected chi connectivity index (χ4v) is 2.99. The van der Waals surface area contributed by atoms with Gasteiger partial charge in [-0.3, -0.25) is 4.79 Å². The lowest BCUT2D eigenvalue weighted by Gasteiger charge is -2.21. The molecule has 1 aromatic carbocycles. The molecule has 1 amide bonds. The predicted molar refractivity (Wildman–Crippen MR) is 74.5 cm³/mol. The summed E-state index contributed by atoms with van der Waals surface area (Å²) in [4.78, 5) is 25.4. The third kappa shape index (κ3) is 3.64. The normalized spacial score (nSPS) is 18.6. The molecular formula is C13H14ClNO3S. The molecule has 1 saturated heterocycles. The summed E-state index contributed by atoms with van der Waals surface area (Å²) in [7, 11) is 0. The van der Waals surface area contributed by atoms with Crippen LogP contribution in [0.15, 0.2) is 29.2 Å². The molecule has 1 aromatic rings. The van der Waals surface area contributed by atoms with Gasteiger partial charge >= 0.3 is 5.97 Å². The van der Waals surface area contributed by atoms with Gasteiger partial charge in [-0.25, -0.2) is 4.79 Å². The van der Waals surface area contributed by atoms with Crippen LogP contribution in [0.2, 0.25) is 5.02 Å². The number of aliphatic carboxylic acids is 1. The lowest BCUT2D eigenvalue weighted by Crippen LogP contribution is -2.41. The third-order valence-electron chi connectivity index (χ3n) is 3.03. The molecular weight excluding hydrogens is 286 g/mol. The number of hydrogen-bond acceptors (Lipinski definition) is 3. The monoisotopic (exact) mass is 299 g/mol. The molecule has 1 fully saturated rings. The first kappa shape index (κ1) is 14.2. The van der Waals surface area contributed by atoms with E-state index in [-0.39, 0.29) is 11.7 Å². The molecule has 0 aromatic heterocycles. The fraction of sp³-hybridized carbons (Fsp3) is 0.385. The first-order valence-corrected chi connectivity index (χ1v) is 7.35. The maximum atomic E-state index is 12.0. The minimum atomic E-state index is -0.914. The molecule has 0 spiro atoms. The number of carbonyl (C=O) groups is 2. The molecule has 2 rings (SSSR count). The highest BCUT2D eigenvalue weighted by Crippen LogP contribution is 2.23. The molecule has 0 aliphatic carbocycles. The lowest BCUT2D eigenvalue weighted by molar-refractivity contribution is -0.147. The minimum absolute atomic E-state index is 0.121. The molecule has 0 bridgehead atoms. The summed E-state index contributed by atoms with van der Waals surface area (Å²) >= 11 is 7.18. The van der Waals surface area contributed by atoms with Gasteiger partial charge in [0.1, 0.15) is 6.04 Å². The average molecular weight is 300 g/mol. The molecule has 6 heteroatoms. The number of thioether (sulfide) groups is 1. The Balaban J connectivity index is 1.90. The van der Waals surface area contributed by atoms with Crippen molar-refractivity contribution in [2.45, 2.75) is 23.8 Å². The fourth-order valence-electron chi connectivity index (χ4n) is 2.08. The highest BCUT2D eigenvalue weighted by molar-refractivity contribution is 8.00. The van der Waals surface area contributed by atoms with Crippen LogP contribution in [-0.2, 0) is 9.59 Å². The van der Waals surface area contributed by atoms with E-state index < -0.39 is 12.0 Å². The molecule has 102 valence electrons. The van der Waals surface area contributed by atoms with Crippen LogP contribution >= 0.6 is 23.4 Å². The predicted octanol–water partition coefficient (Wildman–Crippen LogP) is 2.51. The highest BCUT2D eigenvalue weighted by atomic mass is 35.5. The zero-order valence-corrected chi connectivity index (χ0v) is 11.8. The van der Waals surface area contributed by atoms with Crippen LogP contribution in [0.3, 0.4) is 0 Å². The SMILES string of the molecule is O=C(O)[C@@H]1CCCN1C(=O)CSc1ccc(Cl)cc1. The summed E-state index contributed by atoms with van der Waals surface area (Å²) in [5, 5.41) is 9.69. The molecule has 1 atom stereocenters. The quantitative estimate of drug-likeness (QED) is 0.868. The van der Waals surface area contributed by atoms with Crippen molar-refractivity contribution in [1.82, 2.24) is 4.90 Å². The molecule has 0 unspecified atom stereocenters. The van der Waals surface area contributed by atoms with Gasteiger partial charge in [-0.15, -0.1) is 11.8 Å². The smallest absolute Gasteiger partial charge is 0.326 e. The number of halogens is 1. The van der Waals surface area contributed by atoms with E-state index in [1.807, 2.05) is 12.1 Å². The molecule has 1 N–H and O–H groups in total. The number of carboxylic acids is 1. The Morgan fingerprint density at radius 3 is 2.68 bits per heavy atom. The topological polar surface area (TPSA) is 57.6 Å². The van der Waals surface area contributed by atoms with Crippen molar-refractivity contribution in [3.8, 4) is 0 Å². The van der Waals surface area contributed by atoms with Crippen molar-refractivity contribution in [1.29, 1.82) is 0 Å². The Morgan fingerprint density at radius 1 is 1.37 bits per heavy atom.